The average Bonchev–Trinajstić information content (AvgIpc) is 2.39. The monoisotopic (exact) mass is 233 g/mol. The van der Waals surface area contributed by atoms with Crippen LogP contribution in [0.3, 0.4) is 0 Å². The number of hydrogen-bond donors (Lipinski definition) is 1. The summed E-state index contributed by atoms with van der Waals surface area (Å²) in [6.45, 7) is 0.671. The normalized spacial score (nSPS) is 21.7. The molecule has 0 saturated heterocycles. The van der Waals surface area contributed by atoms with Crippen molar-refractivity contribution >= 4 is 5.69 Å². The van der Waals surface area contributed by atoms with Gasteiger partial charge in [-0.25, -0.2) is 0 Å². The van der Waals surface area contributed by atoms with Gasteiger partial charge < -0.3 is 14.8 Å². The Bertz CT molecular complexity index is 411. The minimum atomic E-state index is -0.327. The molecule has 0 atom stereocenters. The largest absolute Gasteiger partial charge is 0.462 e. The van der Waals surface area contributed by atoms with Gasteiger partial charge in [-0.05, 0) is 31.0 Å². The molecule has 3 nitrogen and oxygen atoms in total. The van der Waals surface area contributed by atoms with Crippen LogP contribution >= 0.6 is 0 Å². The van der Waals surface area contributed by atoms with Crippen molar-refractivity contribution in [3.05, 3.63) is 23.8 Å². The summed E-state index contributed by atoms with van der Waals surface area (Å²) in [5.74, 6) is 0.670. The average molecular weight is 233 g/mol. The summed E-state index contributed by atoms with van der Waals surface area (Å²) in [4.78, 5) is 0. The van der Waals surface area contributed by atoms with E-state index in [4.69, 9.17) is 9.47 Å². The third-order valence-corrected chi connectivity index (χ3v) is 3.75. The molecular formula is C14H19NO2. The second kappa shape index (κ2) is 4.22. The summed E-state index contributed by atoms with van der Waals surface area (Å²) in [7, 11) is 1.93. The van der Waals surface area contributed by atoms with Crippen LogP contribution in [0.1, 0.15) is 37.7 Å². The fourth-order valence-electron chi connectivity index (χ4n) is 2.72. The lowest BCUT2D eigenvalue weighted by molar-refractivity contribution is -0.222. The number of anilines is 1. The molecule has 1 heterocycles. The highest BCUT2D eigenvalue weighted by Gasteiger charge is 2.38. The molecule has 3 rings (SSSR count). The fourth-order valence-corrected chi connectivity index (χ4v) is 2.72. The quantitative estimate of drug-likeness (QED) is 0.807. The summed E-state index contributed by atoms with van der Waals surface area (Å²) < 4.78 is 12.1. The van der Waals surface area contributed by atoms with Gasteiger partial charge in [-0.2, -0.15) is 0 Å². The second-order valence-electron chi connectivity index (χ2n) is 4.93. The Labute approximate surface area is 102 Å². The zero-order valence-corrected chi connectivity index (χ0v) is 10.3. The van der Waals surface area contributed by atoms with Gasteiger partial charge in [-0.3, -0.25) is 0 Å². The van der Waals surface area contributed by atoms with Crippen molar-refractivity contribution in [2.75, 3.05) is 12.4 Å². The SMILES string of the molecule is CNc1ccc2c(c1)COC1(CCCCC1)O2. The van der Waals surface area contributed by atoms with Gasteiger partial charge in [0, 0.05) is 31.1 Å². The van der Waals surface area contributed by atoms with Crippen LogP contribution in [0.2, 0.25) is 0 Å². The summed E-state index contributed by atoms with van der Waals surface area (Å²) in [6.07, 6.45) is 5.79. The van der Waals surface area contributed by atoms with Crippen molar-refractivity contribution in [3.63, 3.8) is 0 Å². The lowest BCUT2D eigenvalue weighted by atomic mass is 9.93. The Morgan fingerprint density at radius 3 is 2.76 bits per heavy atom. The first-order valence-electron chi connectivity index (χ1n) is 6.45. The fraction of sp³-hybridized carbons (Fsp3) is 0.571. The molecule has 1 aromatic carbocycles. The van der Waals surface area contributed by atoms with Crippen LogP contribution in [0.5, 0.6) is 5.75 Å². The van der Waals surface area contributed by atoms with E-state index >= 15 is 0 Å². The van der Waals surface area contributed by atoms with Crippen molar-refractivity contribution < 1.29 is 9.47 Å². The van der Waals surface area contributed by atoms with E-state index in [1.165, 1.54) is 19.3 Å². The Hall–Kier alpha value is -1.22. The Kier molecular flexibility index (Phi) is 2.71. The third-order valence-electron chi connectivity index (χ3n) is 3.75. The van der Waals surface area contributed by atoms with Gasteiger partial charge in [0.2, 0.25) is 5.79 Å². The van der Waals surface area contributed by atoms with Crippen LogP contribution in [0.4, 0.5) is 5.69 Å². The highest BCUT2D eigenvalue weighted by Crippen LogP contribution is 2.40. The minimum Gasteiger partial charge on any atom is -0.462 e. The van der Waals surface area contributed by atoms with Crippen LogP contribution in [-0.2, 0) is 11.3 Å². The second-order valence-corrected chi connectivity index (χ2v) is 4.93. The topological polar surface area (TPSA) is 30.5 Å². The van der Waals surface area contributed by atoms with Crippen molar-refractivity contribution in [1.29, 1.82) is 0 Å². The Balaban J connectivity index is 1.85. The minimum absolute atomic E-state index is 0.327. The van der Waals surface area contributed by atoms with E-state index in [0.717, 1.165) is 29.8 Å². The van der Waals surface area contributed by atoms with Gasteiger partial charge in [-0.15, -0.1) is 0 Å². The maximum absolute atomic E-state index is 6.11. The molecule has 1 N–H and O–H groups in total. The molecule has 92 valence electrons. The van der Waals surface area contributed by atoms with Crippen LogP contribution in [0.25, 0.3) is 0 Å². The number of benzene rings is 1. The van der Waals surface area contributed by atoms with E-state index in [1.807, 2.05) is 7.05 Å². The summed E-state index contributed by atoms with van der Waals surface area (Å²) in [5, 5.41) is 3.14. The number of nitrogens with one attached hydrogen (secondary N) is 1. The lowest BCUT2D eigenvalue weighted by Crippen LogP contribution is -2.43. The molecule has 0 amide bonds. The van der Waals surface area contributed by atoms with Crippen LogP contribution in [0.15, 0.2) is 18.2 Å². The van der Waals surface area contributed by atoms with Crippen LogP contribution in [-0.4, -0.2) is 12.8 Å². The maximum Gasteiger partial charge on any atom is 0.210 e. The number of fused-ring (bicyclic) bond motifs is 1. The third kappa shape index (κ3) is 2.00. The van der Waals surface area contributed by atoms with Gasteiger partial charge in [0.1, 0.15) is 5.75 Å². The smallest absolute Gasteiger partial charge is 0.210 e. The van der Waals surface area contributed by atoms with Gasteiger partial charge >= 0.3 is 0 Å². The summed E-state index contributed by atoms with van der Waals surface area (Å²) in [5.41, 5.74) is 2.25. The predicted molar refractivity (Wildman–Crippen MR) is 67.2 cm³/mol. The number of rotatable bonds is 1. The van der Waals surface area contributed by atoms with Gasteiger partial charge in [0.15, 0.2) is 0 Å². The standard InChI is InChI=1S/C14H19NO2/c1-15-12-5-6-13-11(9-12)10-16-14(17-13)7-3-2-4-8-14/h5-6,9,15H,2-4,7-8,10H2,1H3. The van der Waals surface area contributed by atoms with E-state index < -0.39 is 0 Å². The number of ether oxygens (including phenoxy) is 2. The Morgan fingerprint density at radius 1 is 1.18 bits per heavy atom. The van der Waals surface area contributed by atoms with Crippen molar-refractivity contribution in [2.45, 2.75) is 44.5 Å². The highest BCUT2D eigenvalue weighted by atomic mass is 16.7. The molecule has 1 fully saturated rings. The Morgan fingerprint density at radius 2 is 2.00 bits per heavy atom. The number of hydrogen-bond acceptors (Lipinski definition) is 3. The molecule has 1 aliphatic heterocycles. The molecule has 1 aromatic rings. The van der Waals surface area contributed by atoms with E-state index in [0.29, 0.717) is 6.61 Å². The van der Waals surface area contributed by atoms with Crippen LogP contribution in [0, 0.1) is 0 Å². The van der Waals surface area contributed by atoms with Gasteiger partial charge in [0.05, 0.1) is 6.61 Å². The molecule has 1 spiro atoms. The van der Waals surface area contributed by atoms with E-state index in [2.05, 4.69) is 23.5 Å². The zero-order valence-electron chi connectivity index (χ0n) is 10.3. The van der Waals surface area contributed by atoms with E-state index in [-0.39, 0.29) is 5.79 Å². The molecule has 0 unspecified atom stereocenters. The molecule has 0 bridgehead atoms. The zero-order chi connectivity index (χ0) is 11.7. The molecule has 1 saturated carbocycles. The van der Waals surface area contributed by atoms with Crippen molar-refractivity contribution in [3.8, 4) is 5.75 Å². The lowest BCUT2D eigenvalue weighted by Gasteiger charge is -2.41. The molecule has 2 aliphatic rings. The molecule has 17 heavy (non-hydrogen) atoms. The molecular weight excluding hydrogens is 214 g/mol. The van der Waals surface area contributed by atoms with E-state index in [9.17, 15) is 0 Å². The van der Waals surface area contributed by atoms with Gasteiger partial charge in [0.25, 0.3) is 0 Å². The molecule has 0 aromatic heterocycles. The molecule has 1 aliphatic carbocycles. The van der Waals surface area contributed by atoms with Crippen LogP contribution < -0.4 is 10.1 Å². The van der Waals surface area contributed by atoms with Gasteiger partial charge in [-0.1, -0.05) is 6.42 Å². The van der Waals surface area contributed by atoms with E-state index in [1.54, 1.807) is 0 Å². The predicted octanol–water partition coefficient (Wildman–Crippen LogP) is 3.30. The first-order valence-corrected chi connectivity index (χ1v) is 6.45. The summed E-state index contributed by atoms with van der Waals surface area (Å²) >= 11 is 0. The van der Waals surface area contributed by atoms with Crippen molar-refractivity contribution in [2.24, 2.45) is 0 Å². The maximum atomic E-state index is 6.11. The van der Waals surface area contributed by atoms with Crippen molar-refractivity contribution in [1.82, 2.24) is 0 Å². The summed E-state index contributed by atoms with van der Waals surface area (Å²) in [6, 6.07) is 6.21. The molecule has 0 radical (unpaired) electrons. The first-order chi connectivity index (χ1) is 8.31. The first kappa shape index (κ1) is 10.9. The molecule has 3 heteroatoms. The highest BCUT2D eigenvalue weighted by molar-refractivity contribution is 5.51.